The number of alkyl halides is 2. The van der Waals surface area contributed by atoms with Crippen LogP contribution in [-0.2, 0) is 5.54 Å². The van der Waals surface area contributed by atoms with Gasteiger partial charge in [-0.3, -0.25) is 0 Å². The van der Waals surface area contributed by atoms with Gasteiger partial charge in [-0.1, -0.05) is 30.3 Å². The second-order valence-corrected chi connectivity index (χ2v) is 4.55. The van der Waals surface area contributed by atoms with E-state index in [2.05, 4.69) is 0 Å². The van der Waals surface area contributed by atoms with E-state index in [1.54, 1.807) is 30.3 Å². The second kappa shape index (κ2) is 6.78. The molecule has 1 aromatic rings. The number of aliphatic hydroxyl groups excluding tert-OH is 2. The van der Waals surface area contributed by atoms with Gasteiger partial charge in [-0.2, -0.15) is 0 Å². The fraction of sp³-hybridized carbons (Fsp3) is 0.538. The first-order valence-electron chi connectivity index (χ1n) is 5.84. The van der Waals surface area contributed by atoms with E-state index in [9.17, 15) is 19.0 Å². The maximum Gasteiger partial charge on any atom is 0.115 e. The molecule has 18 heavy (non-hydrogen) atoms. The van der Waals surface area contributed by atoms with E-state index in [0.717, 1.165) is 0 Å². The molecule has 0 heterocycles. The highest BCUT2D eigenvalue weighted by Gasteiger charge is 2.32. The summed E-state index contributed by atoms with van der Waals surface area (Å²) in [7, 11) is 0. The molecule has 0 aromatic heterocycles. The van der Waals surface area contributed by atoms with Crippen molar-refractivity contribution >= 4 is 0 Å². The van der Waals surface area contributed by atoms with Gasteiger partial charge in [-0.25, -0.2) is 8.78 Å². The van der Waals surface area contributed by atoms with Crippen LogP contribution in [0.2, 0.25) is 0 Å². The van der Waals surface area contributed by atoms with Crippen molar-refractivity contribution in [2.45, 2.75) is 30.6 Å². The molecular weight excluding hydrogens is 240 g/mol. The van der Waals surface area contributed by atoms with Crippen LogP contribution in [-0.4, -0.2) is 35.8 Å². The topological polar surface area (TPSA) is 66.5 Å². The first-order valence-corrected chi connectivity index (χ1v) is 5.84. The van der Waals surface area contributed by atoms with Gasteiger partial charge in [0.15, 0.2) is 0 Å². The molecule has 0 amide bonds. The van der Waals surface area contributed by atoms with Gasteiger partial charge >= 0.3 is 0 Å². The summed E-state index contributed by atoms with van der Waals surface area (Å²) in [6, 6.07) is 8.73. The molecule has 0 fully saturated rings. The van der Waals surface area contributed by atoms with Crippen LogP contribution in [0.1, 0.15) is 18.4 Å². The molecular formula is C13H19F2NO2. The summed E-state index contributed by atoms with van der Waals surface area (Å²) in [5.41, 5.74) is 5.62. The highest BCUT2D eigenvalue weighted by atomic mass is 19.1. The van der Waals surface area contributed by atoms with E-state index in [-0.39, 0.29) is 12.8 Å². The van der Waals surface area contributed by atoms with Gasteiger partial charge in [0.25, 0.3) is 0 Å². The number of benzene rings is 1. The van der Waals surface area contributed by atoms with E-state index in [1.807, 2.05) is 0 Å². The second-order valence-electron chi connectivity index (χ2n) is 4.55. The molecule has 1 aromatic carbocycles. The fourth-order valence-corrected chi connectivity index (χ4v) is 2.04. The Morgan fingerprint density at radius 3 is 1.83 bits per heavy atom. The lowest BCUT2D eigenvalue weighted by Crippen LogP contribution is -2.43. The van der Waals surface area contributed by atoms with E-state index < -0.39 is 31.1 Å². The lowest BCUT2D eigenvalue weighted by Gasteiger charge is -2.33. The van der Waals surface area contributed by atoms with Crippen LogP contribution in [0.4, 0.5) is 8.78 Å². The highest BCUT2D eigenvalue weighted by Crippen LogP contribution is 2.29. The van der Waals surface area contributed by atoms with Crippen molar-refractivity contribution in [1.29, 1.82) is 0 Å². The Balaban J connectivity index is 2.93. The molecule has 0 saturated carbocycles. The largest absolute Gasteiger partial charge is 0.390 e. The average Bonchev–Trinajstić information content (AvgIpc) is 2.39. The first-order chi connectivity index (χ1) is 8.51. The maximum atomic E-state index is 12.4. The molecule has 1 rings (SSSR count). The third kappa shape index (κ3) is 4.01. The summed E-state index contributed by atoms with van der Waals surface area (Å²) in [6.45, 7) is -1.84. The average molecular weight is 259 g/mol. The van der Waals surface area contributed by atoms with Crippen LogP contribution < -0.4 is 5.73 Å². The highest BCUT2D eigenvalue weighted by molar-refractivity contribution is 5.24. The molecule has 0 spiro atoms. The first kappa shape index (κ1) is 15.0. The van der Waals surface area contributed by atoms with Crippen molar-refractivity contribution in [2.24, 2.45) is 5.73 Å². The minimum atomic E-state index is -1.22. The molecule has 0 saturated heterocycles. The predicted octanol–water partition coefficient (Wildman–Crippen LogP) is 1.28. The Morgan fingerprint density at radius 2 is 1.44 bits per heavy atom. The summed E-state index contributed by atoms with van der Waals surface area (Å²) in [5, 5.41) is 18.8. The summed E-state index contributed by atoms with van der Waals surface area (Å²) in [6.07, 6.45) is -2.57. The Bertz CT molecular complexity index is 336. The maximum absolute atomic E-state index is 12.4. The molecule has 0 radical (unpaired) electrons. The lowest BCUT2D eigenvalue weighted by atomic mass is 9.81. The van der Waals surface area contributed by atoms with Crippen LogP contribution >= 0.6 is 0 Å². The van der Waals surface area contributed by atoms with E-state index >= 15 is 0 Å². The van der Waals surface area contributed by atoms with Crippen LogP contribution in [0.15, 0.2) is 30.3 Å². The fourth-order valence-electron chi connectivity index (χ4n) is 2.04. The zero-order valence-electron chi connectivity index (χ0n) is 10.1. The number of rotatable bonds is 7. The lowest BCUT2D eigenvalue weighted by molar-refractivity contribution is 0.0633. The van der Waals surface area contributed by atoms with Gasteiger partial charge in [0.05, 0.1) is 12.2 Å². The third-order valence-corrected chi connectivity index (χ3v) is 2.90. The summed E-state index contributed by atoms with van der Waals surface area (Å²) >= 11 is 0. The minimum Gasteiger partial charge on any atom is -0.390 e. The molecule has 5 heteroatoms. The Hall–Kier alpha value is -1.04. The van der Waals surface area contributed by atoms with Crippen LogP contribution in [0.3, 0.4) is 0 Å². The van der Waals surface area contributed by atoms with Crippen LogP contribution in [0.25, 0.3) is 0 Å². The minimum absolute atomic E-state index is 0.0649. The molecule has 102 valence electrons. The predicted molar refractivity (Wildman–Crippen MR) is 65.5 cm³/mol. The SMILES string of the molecule is NC(CC(O)CF)(CC(O)CF)c1ccccc1. The van der Waals surface area contributed by atoms with Crippen molar-refractivity contribution in [2.75, 3.05) is 13.3 Å². The van der Waals surface area contributed by atoms with Gasteiger partial charge in [0.2, 0.25) is 0 Å². The number of halogens is 2. The zero-order valence-corrected chi connectivity index (χ0v) is 10.1. The van der Waals surface area contributed by atoms with Crippen molar-refractivity contribution in [3.8, 4) is 0 Å². The number of hydrogen-bond donors (Lipinski definition) is 3. The van der Waals surface area contributed by atoms with Crippen LogP contribution in [0, 0.1) is 0 Å². The third-order valence-electron chi connectivity index (χ3n) is 2.90. The number of nitrogens with two attached hydrogens (primary N) is 1. The molecule has 0 aliphatic rings. The molecule has 4 N–H and O–H groups in total. The van der Waals surface area contributed by atoms with E-state index in [4.69, 9.17) is 5.73 Å². The zero-order chi connectivity index (χ0) is 13.6. The summed E-state index contributed by atoms with van der Waals surface area (Å²) in [4.78, 5) is 0. The van der Waals surface area contributed by atoms with Gasteiger partial charge in [0, 0.05) is 5.54 Å². The summed E-state index contributed by atoms with van der Waals surface area (Å²) < 4.78 is 24.8. The van der Waals surface area contributed by atoms with Crippen molar-refractivity contribution in [3.63, 3.8) is 0 Å². The molecule has 2 unspecified atom stereocenters. The standard InChI is InChI=1S/C13H19F2NO2/c14-8-11(17)6-13(16,7-12(18)9-15)10-4-2-1-3-5-10/h1-5,11-12,17-18H,6-9,16H2. The van der Waals surface area contributed by atoms with Gasteiger partial charge in [-0.05, 0) is 18.4 Å². The van der Waals surface area contributed by atoms with Gasteiger partial charge in [0.1, 0.15) is 13.3 Å². The van der Waals surface area contributed by atoms with Crippen molar-refractivity contribution in [3.05, 3.63) is 35.9 Å². The quantitative estimate of drug-likeness (QED) is 0.691. The summed E-state index contributed by atoms with van der Waals surface area (Å²) in [5.74, 6) is 0. The van der Waals surface area contributed by atoms with E-state index in [0.29, 0.717) is 5.56 Å². The van der Waals surface area contributed by atoms with Crippen LogP contribution in [0.5, 0.6) is 0 Å². The Morgan fingerprint density at radius 1 is 1.00 bits per heavy atom. The smallest absolute Gasteiger partial charge is 0.115 e. The molecule has 0 aliphatic heterocycles. The number of hydrogen-bond acceptors (Lipinski definition) is 3. The Labute approximate surface area is 105 Å². The van der Waals surface area contributed by atoms with Crippen molar-refractivity contribution in [1.82, 2.24) is 0 Å². The van der Waals surface area contributed by atoms with Gasteiger partial charge < -0.3 is 15.9 Å². The Kier molecular flexibility index (Phi) is 5.65. The molecule has 2 atom stereocenters. The molecule has 0 bridgehead atoms. The normalized spacial score (nSPS) is 18.1. The van der Waals surface area contributed by atoms with Gasteiger partial charge in [-0.15, -0.1) is 0 Å². The number of aliphatic hydroxyl groups is 2. The van der Waals surface area contributed by atoms with Crippen molar-refractivity contribution < 1.29 is 19.0 Å². The molecule has 0 aliphatic carbocycles. The molecule has 3 nitrogen and oxygen atoms in total. The van der Waals surface area contributed by atoms with E-state index in [1.165, 1.54) is 0 Å². The monoisotopic (exact) mass is 259 g/mol.